The Bertz CT molecular complexity index is 491. The van der Waals surface area contributed by atoms with Gasteiger partial charge in [0.2, 0.25) is 0 Å². The molecular weight excluding hydrogens is 283 g/mol. The molecule has 108 valence electrons. The minimum Gasteiger partial charge on any atom is -0.496 e. The molecule has 0 saturated carbocycles. The minimum atomic E-state index is -4.37. The Morgan fingerprint density at radius 3 is 2.21 bits per heavy atom. The van der Waals surface area contributed by atoms with Crippen LogP contribution in [0.25, 0.3) is 0 Å². The Morgan fingerprint density at radius 1 is 1.26 bits per heavy atom. The van der Waals surface area contributed by atoms with E-state index in [0.717, 1.165) is 5.56 Å². The van der Waals surface area contributed by atoms with E-state index in [9.17, 15) is 14.4 Å². The van der Waals surface area contributed by atoms with Gasteiger partial charge >= 0.3 is 7.60 Å². The predicted molar refractivity (Wildman–Crippen MR) is 76.9 cm³/mol. The fourth-order valence-corrected chi connectivity index (χ4v) is 4.57. The Balaban J connectivity index is 3.19. The van der Waals surface area contributed by atoms with Crippen molar-refractivity contribution in [3.05, 3.63) is 29.3 Å². The van der Waals surface area contributed by atoms with E-state index in [-0.39, 0.29) is 0 Å². The maximum Gasteiger partial charge on any atom is 0.357 e. The van der Waals surface area contributed by atoms with E-state index in [2.05, 4.69) is 0 Å². The quantitative estimate of drug-likeness (QED) is 0.646. The van der Waals surface area contributed by atoms with Crippen molar-refractivity contribution in [3.8, 4) is 5.75 Å². The second-order valence-corrected chi connectivity index (χ2v) is 11.5. The Hall–Kier alpha value is -0.653. The number of rotatable bonds is 5. The van der Waals surface area contributed by atoms with E-state index in [1.807, 2.05) is 26.6 Å². The molecular formula is C12H21O5PSi. The molecule has 0 aliphatic carbocycles. The summed E-state index contributed by atoms with van der Waals surface area (Å²) < 4.78 is 22.4. The fraction of sp³-hybridized carbons (Fsp3) is 0.500. The first kappa shape index (κ1) is 16.4. The molecule has 0 aliphatic rings. The number of hydrogen-bond acceptors (Lipinski definition) is 3. The van der Waals surface area contributed by atoms with Gasteiger partial charge in [0.15, 0.2) is 14.2 Å². The summed E-state index contributed by atoms with van der Waals surface area (Å²) in [5.41, 5.74) is 1.30. The molecule has 0 radical (unpaired) electrons. The molecule has 0 spiro atoms. The fourth-order valence-electron chi connectivity index (χ4n) is 1.72. The van der Waals surface area contributed by atoms with Crippen molar-refractivity contribution in [3.63, 3.8) is 0 Å². The van der Waals surface area contributed by atoms with Crippen molar-refractivity contribution in [2.24, 2.45) is 0 Å². The van der Waals surface area contributed by atoms with Crippen LogP contribution >= 0.6 is 7.60 Å². The largest absolute Gasteiger partial charge is 0.496 e. The molecule has 1 rings (SSSR count). The Kier molecular flexibility index (Phi) is 4.98. The molecule has 0 heterocycles. The van der Waals surface area contributed by atoms with Gasteiger partial charge in [0.25, 0.3) is 0 Å². The van der Waals surface area contributed by atoms with Gasteiger partial charge in [0, 0.05) is 0 Å². The number of aryl methyl sites for hydroxylation is 1. The summed E-state index contributed by atoms with van der Waals surface area (Å²) in [5, 5.41) is 0. The second-order valence-electron chi connectivity index (χ2n) is 5.40. The van der Waals surface area contributed by atoms with E-state index in [1.165, 1.54) is 0 Å². The normalized spacial score (nSPS) is 14.3. The number of methoxy groups -OCH3 is 1. The molecule has 0 bridgehead atoms. The van der Waals surface area contributed by atoms with Gasteiger partial charge < -0.3 is 18.9 Å². The number of hydrogen-bond donors (Lipinski definition) is 2. The first-order chi connectivity index (χ1) is 8.54. The van der Waals surface area contributed by atoms with Crippen LogP contribution in [0.15, 0.2) is 18.2 Å². The van der Waals surface area contributed by atoms with Crippen LogP contribution in [0.2, 0.25) is 19.6 Å². The number of ether oxygens (including phenoxy) is 1. The summed E-state index contributed by atoms with van der Waals surface area (Å²) in [6.07, 6.45) is 0. The van der Waals surface area contributed by atoms with Gasteiger partial charge in [-0.2, -0.15) is 0 Å². The van der Waals surface area contributed by atoms with Crippen LogP contribution < -0.4 is 4.74 Å². The molecule has 1 unspecified atom stereocenters. The van der Waals surface area contributed by atoms with Crippen LogP contribution in [0.1, 0.15) is 17.0 Å². The summed E-state index contributed by atoms with van der Waals surface area (Å²) in [7, 11) is -4.88. The molecule has 5 nitrogen and oxygen atoms in total. The average Bonchev–Trinajstić information content (AvgIpc) is 2.23. The molecule has 0 aromatic heterocycles. The van der Waals surface area contributed by atoms with E-state index in [0.29, 0.717) is 11.3 Å². The maximum absolute atomic E-state index is 11.6. The van der Waals surface area contributed by atoms with Gasteiger partial charge in [-0.25, -0.2) is 0 Å². The van der Waals surface area contributed by atoms with Crippen molar-refractivity contribution in [1.82, 2.24) is 0 Å². The molecule has 7 heteroatoms. The molecule has 0 fully saturated rings. The van der Waals surface area contributed by atoms with Crippen molar-refractivity contribution in [2.45, 2.75) is 32.4 Å². The lowest BCUT2D eigenvalue weighted by molar-refractivity contribution is 0.220. The monoisotopic (exact) mass is 304 g/mol. The summed E-state index contributed by atoms with van der Waals surface area (Å²) in [6, 6.07) is 5.03. The third kappa shape index (κ3) is 4.74. The average molecular weight is 304 g/mol. The second kappa shape index (κ2) is 5.77. The van der Waals surface area contributed by atoms with E-state index < -0.39 is 21.8 Å². The van der Waals surface area contributed by atoms with Gasteiger partial charge in [0.05, 0.1) is 7.11 Å². The van der Waals surface area contributed by atoms with Gasteiger partial charge in [-0.1, -0.05) is 6.07 Å². The third-order valence-corrected chi connectivity index (χ3v) is 4.63. The van der Waals surface area contributed by atoms with Gasteiger partial charge in [-0.05, 0) is 49.8 Å². The molecule has 0 aliphatic heterocycles. The molecule has 0 saturated heterocycles. The summed E-state index contributed by atoms with van der Waals surface area (Å²) in [4.78, 5) is 19.0. The van der Waals surface area contributed by atoms with Gasteiger partial charge in [-0.3, -0.25) is 4.57 Å². The van der Waals surface area contributed by atoms with Crippen LogP contribution in [0.5, 0.6) is 5.75 Å². The van der Waals surface area contributed by atoms with E-state index in [1.54, 1.807) is 25.3 Å². The summed E-state index contributed by atoms with van der Waals surface area (Å²) >= 11 is 0. The zero-order valence-corrected chi connectivity index (χ0v) is 13.8. The van der Waals surface area contributed by atoms with Crippen LogP contribution in [0.3, 0.4) is 0 Å². The van der Waals surface area contributed by atoms with Gasteiger partial charge in [0.1, 0.15) is 5.75 Å². The van der Waals surface area contributed by atoms with Crippen molar-refractivity contribution in [2.75, 3.05) is 7.11 Å². The van der Waals surface area contributed by atoms with Crippen LogP contribution in [0, 0.1) is 6.92 Å². The van der Waals surface area contributed by atoms with Crippen molar-refractivity contribution >= 4 is 15.9 Å². The molecule has 1 atom stereocenters. The first-order valence-corrected chi connectivity index (χ1v) is 11.0. The van der Waals surface area contributed by atoms with Crippen LogP contribution in [-0.4, -0.2) is 25.2 Å². The van der Waals surface area contributed by atoms with E-state index >= 15 is 0 Å². The highest BCUT2D eigenvalue weighted by Gasteiger charge is 2.35. The lowest BCUT2D eigenvalue weighted by Crippen LogP contribution is -2.28. The summed E-state index contributed by atoms with van der Waals surface area (Å²) in [5.74, 6) is -0.523. The zero-order chi connectivity index (χ0) is 14.8. The SMILES string of the molecule is COc1ccc(C(O[Si](C)(C)C)P(=O)(O)O)cc1C. The molecule has 1 aromatic carbocycles. The smallest absolute Gasteiger partial charge is 0.357 e. The van der Waals surface area contributed by atoms with Crippen LogP contribution in [-0.2, 0) is 8.99 Å². The van der Waals surface area contributed by atoms with Gasteiger partial charge in [-0.15, -0.1) is 0 Å². The molecule has 2 N–H and O–H groups in total. The van der Waals surface area contributed by atoms with Crippen LogP contribution in [0.4, 0.5) is 0 Å². The summed E-state index contributed by atoms with van der Waals surface area (Å²) in [6.45, 7) is 7.51. The van der Waals surface area contributed by atoms with E-state index in [4.69, 9.17) is 9.16 Å². The third-order valence-electron chi connectivity index (χ3n) is 2.47. The molecule has 19 heavy (non-hydrogen) atoms. The molecule has 0 amide bonds. The topological polar surface area (TPSA) is 76.0 Å². The molecule has 1 aromatic rings. The van der Waals surface area contributed by atoms with Crippen molar-refractivity contribution < 1.29 is 23.5 Å². The lowest BCUT2D eigenvalue weighted by atomic mass is 10.1. The highest BCUT2D eigenvalue weighted by molar-refractivity contribution is 7.52. The zero-order valence-electron chi connectivity index (χ0n) is 11.9. The minimum absolute atomic E-state index is 0.481. The highest BCUT2D eigenvalue weighted by atomic mass is 31.2. The standard InChI is InChI=1S/C12H21O5PSi/c1-9-8-10(6-7-11(9)16-2)12(18(13,14)15)17-19(3,4)5/h6-8,12H,1-5H3,(H2,13,14,15). The lowest BCUT2D eigenvalue weighted by Gasteiger charge is -2.27. The highest BCUT2D eigenvalue weighted by Crippen LogP contribution is 2.53. The van der Waals surface area contributed by atoms with Crippen molar-refractivity contribution in [1.29, 1.82) is 0 Å². The Morgan fingerprint density at radius 2 is 1.84 bits per heavy atom. The number of benzene rings is 1. The first-order valence-electron chi connectivity index (χ1n) is 5.92. The maximum atomic E-state index is 11.6. The predicted octanol–water partition coefficient (Wildman–Crippen LogP) is 3.03. The Labute approximate surface area is 114 Å².